The van der Waals surface area contributed by atoms with E-state index in [1.54, 1.807) is 0 Å². The summed E-state index contributed by atoms with van der Waals surface area (Å²) >= 11 is 2.08. The van der Waals surface area contributed by atoms with E-state index in [0.717, 1.165) is 18.6 Å². The van der Waals surface area contributed by atoms with Gasteiger partial charge < -0.3 is 14.2 Å². The van der Waals surface area contributed by atoms with Gasteiger partial charge in [-0.05, 0) is 78.1 Å². The third kappa shape index (κ3) is 7.66. The molecule has 5 atom stereocenters. The zero-order valence-corrected chi connectivity index (χ0v) is 26.2. The molecule has 220 valence electrons. The second-order valence-corrected chi connectivity index (χ2v) is 12.7. The molecule has 4 aromatic rings. The molecule has 5 rings (SSSR count). The summed E-state index contributed by atoms with van der Waals surface area (Å²) in [4.78, 5) is 0. The zero-order chi connectivity index (χ0) is 29.3. The van der Waals surface area contributed by atoms with Gasteiger partial charge in [0.05, 0.1) is 31.2 Å². The average Bonchev–Trinajstić information content (AvgIpc) is 3.02. The number of hydrogen-bond acceptors (Lipinski definition) is 4. The summed E-state index contributed by atoms with van der Waals surface area (Å²) in [5.41, 5.74) is 7.65. The lowest BCUT2D eigenvalue weighted by Gasteiger charge is -2.46. The maximum atomic E-state index is 6.89. The van der Waals surface area contributed by atoms with Crippen LogP contribution in [-0.4, -0.2) is 24.1 Å². The van der Waals surface area contributed by atoms with E-state index in [-0.39, 0.29) is 17.5 Å². The summed E-state index contributed by atoms with van der Waals surface area (Å²) in [6, 6.07) is 36.5. The Morgan fingerprint density at radius 1 is 0.667 bits per heavy atom. The van der Waals surface area contributed by atoms with Gasteiger partial charge in [0.25, 0.3) is 0 Å². The quantitative estimate of drug-likeness (QED) is 0.167. The molecule has 1 aliphatic heterocycles. The van der Waals surface area contributed by atoms with Crippen LogP contribution >= 0.6 is 11.8 Å². The van der Waals surface area contributed by atoms with Crippen LogP contribution in [0.1, 0.15) is 65.8 Å². The average molecular weight is 581 g/mol. The first-order valence-electron chi connectivity index (χ1n) is 15.3. The van der Waals surface area contributed by atoms with Crippen molar-refractivity contribution >= 4 is 11.8 Å². The maximum absolute atomic E-state index is 6.89. The minimum Gasteiger partial charge on any atom is -0.494 e. The Hall–Kier alpha value is -3.05. The molecule has 0 unspecified atom stereocenters. The molecule has 0 saturated carbocycles. The van der Waals surface area contributed by atoms with Crippen molar-refractivity contribution in [2.75, 3.05) is 6.61 Å². The predicted molar refractivity (Wildman–Crippen MR) is 175 cm³/mol. The van der Waals surface area contributed by atoms with Crippen LogP contribution in [0.25, 0.3) is 0 Å². The Morgan fingerprint density at radius 2 is 1.26 bits per heavy atom. The number of thioether (sulfide) groups is 1. The Bertz CT molecular complexity index is 1370. The fourth-order valence-electron chi connectivity index (χ4n) is 5.97. The molecule has 0 bridgehead atoms. The fourth-order valence-corrected chi connectivity index (χ4v) is 7.73. The summed E-state index contributed by atoms with van der Waals surface area (Å²) in [5, 5.41) is 0.664. The first kappa shape index (κ1) is 30.4. The van der Waals surface area contributed by atoms with E-state index in [4.69, 9.17) is 14.2 Å². The minimum absolute atomic E-state index is 0.0146. The molecule has 0 amide bonds. The lowest BCUT2D eigenvalue weighted by Crippen LogP contribution is -2.48. The van der Waals surface area contributed by atoms with E-state index in [1.165, 1.54) is 33.4 Å². The van der Waals surface area contributed by atoms with Crippen molar-refractivity contribution in [3.63, 3.8) is 0 Å². The van der Waals surface area contributed by atoms with E-state index < -0.39 is 0 Å². The van der Waals surface area contributed by atoms with Crippen molar-refractivity contribution in [1.82, 2.24) is 0 Å². The van der Waals surface area contributed by atoms with Crippen molar-refractivity contribution in [3.05, 3.63) is 137 Å². The number of ether oxygens (including phenoxy) is 3. The SMILES string of the molecule is CCOc1ccc(Cc2ccc(C)c([C@@H]3S[C@H](CC)[C@@H](C)[C@H](OCc4ccccc4)[C@H]3OCc3ccccc3)c2)cc1. The number of aryl methyl sites for hydroxylation is 1. The van der Waals surface area contributed by atoms with E-state index >= 15 is 0 Å². The highest BCUT2D eigenvalue weighted by atomic mass is 32.2. The molecule has 0 spiro atoms. The van der Waals surface area contributed by atoms with Crippen molar-refractivity contribution in [2.45, 2.75) is 76.5 Å². The number of rotatable bonds is 12. The fraction of sp³-hybridized carbons (Fsp3) is 0.368. The largest absolute Gasteiger partial charge is 0.494 e. The van der Waals surface area contributed by atoms with Gasteiger partial charge in [-0.25, -0.2) is 0 Å². The number of hydrogen-bond donors (Lipinski definition) is 0. The summed E-state index contributed by atoms with van der Waals surface area (Å²) in [5.74, 6) is 1.29. The molecule has 0 radical (unpaired) electrons. The topological polar surface area (TPSA) is 27.7 Å². The van der Waals surface area contributed by atoms with Gasteiger partial charge in [0.15, 0.2) is 0 Å². The van der Waals surface area contributed by atoms with Crippen LogP contribution in [0, 0.1) is 12.8 Å². The normalized spacial score (nSPS) is 22.1. The van der Waals surface area contributed by atoms with Crippen LogP contribution < -0.4 is 4.74 Å². The van der Waals surface area contributed by atoms with E-state index in [0.29, 0.717) is 31.0 Å². The molecule has 3 nitrogen and oxygen atoms in total. The predicted octanol–water partition coefficient (Wildman–Crippen LogP) is 9.36. The third-order valence-corrected chi connectivity index (χ3v) is 10.2. The molecule has 4 aromatic carbocycles. The molecule has 0 aliphatic carbocycles. The van der Waals surface area contributed by atoms with Crippen molar-refractivity contribution in [3.8, 4) is 5.75 Å². The Morgan fingerprint density at radius 3 is 1.86 bits per heavy atom. The van der Waals surface area contributed by atoms with Gasteiger partial charge in [0.1, 0.15) is 11.9 Å². The second kappa shape index (κ2) is 14.9. The van der Waals surface area contributed by atoms with Gasteiger partial charge in [-0.15, -0.1) is 11.8 Å². The van der Waals surface area contributed by atoms with Gasteiger partial charge in [-0.3, -0.25) is 0 Å². The van der Waals surface area contributed by atoms with Crippen molar-refractivity contribution in [2.24, 2.45) is 5.92 Å². The van der Waals surface area contributed by atoms with Gasteiger partial charge in [0, 0.05) is 5.25 Å². The molecule has 0 N–H and O–H groups in total. The standard InChI is InChI=1S/C38H44O3S/c1-5-35-28(4)36(40-25-30-13-9-7-10-14-30)37(41-26-31-15-11-8-12-16-31)38(42-35)34-24-32(18-17-27(34)3)23-29-19-21-33(22-20-29)39-6-2/h7-22,24,28,35-38H,5-6,23,25-26H2,1-4H3/t28-,35-,36+,37-,38+/m1/s1. The van der Waals surface area contributed by atoms with Gasteiger partial charge in [-0.2, -0.15) is 0 Å². The molecule has 1 heterocycles. The van der Waals surface area contributed by atoms with Gasteiger partial charge in [-0.1, -0.05) is 105 Å². The van der Waals surface area contributed by atoms with Gasteiger partial charge >= 0.3 is 0 Å². The van der Waals surface area contributed by atoms with Gasteiger partial charge in [0.2, 0.25) is 0 Å². The van der Waals surface area contributed by atoms with Crippen molar-refractivity contribution in [1.29, 1.82) is 0 Å². The summed E-state index contributed by atoms with van der Waals surface area (Å²) < 4.78 is 19.4. The lowest BCUT2D eigenvalue weighted by atomic mass is 9.87. The molecular weight excluding hydrogens is 536 g/mol. The van der Waals surface area contributed by atoms with Crippen LogP contribution in [0.2, 0.25) is 0 Å². The third-order valence-electron chi connectivity index (χ3n) is 8.31. The van der Waals surface area contributed by atoms with Crippen LogP contribution in [0.15, 0.2) is 103 Å². The molecule has 0 aromatic heterocycles. The molecule has 1 aliphatic rings. The first-order valence-corrected chi connectivity index (χ1v) is 16.3. The van der Waals surface area contributed by atoms with E-state index in [9.17, 15) is 0 Å². The van der Waals surface area contributed by atoms with Crippen molar-refractivity contribution < 1.29 is 14.2 Å². The molecule has 1 saturated heterocycles. The highest BCUT2D eigenvalue weighted by molar-refractivity contribution is 8.00. The molecule has 1 fully saturated rings. The Balaban J connectivity index is 1.45. The first-order chi connectivity index (χ1) is 20.6. The van der Waals surface area contributed by atoms with Crippen LogP contribution in [0.4, 0.5) is 0 Å². The zero-order valence-electron chi connectivity index (χ0n) is 25.4. The van der Waals surface area contributed by atoms with Crippen LogP contribution in [0.5, 0.6) is 5.75 Å². The Kier molecular flexibility index (Phi) is 10.8. The lowest BCUT2D eigenvalue weighted by molar-refractivity contribution is -0.112. The van der Waals surface area contributed by atoms with Crippen LogP contribution in [-0.2, 0) is 29.1 Å². The molecule has 42 heavy (non-hydrogen) atoms. The highest BCUT2D eigenvalue weighted by Gasteiger charge is 2.45. The summed E-state index contributed by atoms with van der Waals surface area (Å²) in [6.07, 6.45) is 1.90. The van der Waals surface area contributed by atoms with E-state index in [2.05, 4.69) is 136 Å². The Labute approximate surface area is 256 Å². The van der Waals surface area contributed by atoms with E-state index in [1.807, 2.05) is 6.92 Å². The summed E-state index contributed by atoms with van der Waals surface area (Å²) in [7, 11) is 0. The molecular formula is C38H44O3S. The van der Waals surface area contributed by atoms with Crippen LogP contribution in [0.3, 0.4) is 0 Å². The maximum Gasteiger partial charge on any atom is 0.119 e. The minimum atomic E-state index is -0.0730. The summed E-state index contributed by atoms with van der Waals surface area (Å²) in [6.45, 7) is 10.8. The highest BCUT2D eigenvalue weighted by Crippen LogP contribution is 2.50. The smallest absolute Gasteiger partial charge is 0.119 e. The monoisotopic (exact) mass is 580 g/mol. The number of benzene rings is 4. The second-order valence-electron chi connectivity index (χ2n) is 11.3. The molecule has 4 heteroatoms.